The molecule has 3 heterocycles. The first kappa shape index (κ1) is 17.1. The average molecular weight is 349 g/mol. The molecule has 3 rings (SSSR count). The number of hydrogen-bond donors (Lipinski definition) is 1. The van der Waals surface area contributed by atoms with E-state index in [1.165, 1.54) is 0 Å². The molecule has 8 heteroatoms. The van der Waals surface area contributed by atoms with Crippen LogP contribution in [0.3, 0.4) is 0 Å². The quantitative estimate of drug-likeness (QED) is 0.887. The van der Waals surface area contributed by atoms with E-state index >= 15 is 0 Å². The van der Waals surface area contributed by atoms with E-state index in [1.807, 2.05) is 0 Å². The molecular weight excluding hydrogens is 327 g/mol. The third kappa shape index (κ3) is 4.04. The Labute approximate surface area is 137 Å². The smallest absolute Gasteiger partial charge is 0.395 e. The number of thiazole rings is 1. The zero-order valence-electron chi connectivity index (χ0n) is 12.9. The van der Waals surface area contributed by atoms with Gasteiger partial charge in [0, 0.05) is 24.0 Å². The van der Waals surface area contributed by atoms with Crippen LogP contribution in [0.25, 0.3) is 0 Å². The molecule has 1 N–H and O–H groups in total. The minimum Gasteiger partial charge on any atom is -0.395 e. The lowest BCUT2D eigenvalue weighted by Crippen LogP contribution is -2.43. The molecule has 0 aliphatic carbocycles. The van der Waals surface area contributed by atoms with Crippen molar-refractivity contribution >= 4 is 11.3 Å². The number of rotatable bonds is 5. The van der Waals surface area contributed by atoms with E-state index in [2.05, 4.69) is 14.8 Å². The highest BCUT2D eigenvalue weighted by Crippen LogP contribution is 2.31. The Morgan fingerprint density at radius 2 is 1.87 bits per heavy atom. The molecule has 2 aliphatic rings. The summed E-state index contributed by atoms with van der Waals surface area (Å²) in [7, 11) is 0. The lowest BCUT2D eigenvalue weighted by atomic mass is 10.2. The first-order valence-corrected chi connectivity index (χ1v) is 8.96. The van der Waals surface area contributed by atoms with Gasteiger partial charge in [-0.3, -0.25) is 9.80 Å². The molecule has 1 aromatic heterocycles. The Kier molecular flexibility index (Phi) is 5.25. The van der Waals surface area contributed by atoms with Crippen molar-refractivity contribution in [1.29, 1.82) is 0 Å². The summed E-state index contributed by atoms with van der Waals surface area (Å²) in [5, 5.41) is 11.1. The molecule has 0 aromatic carbocycles. The lowest BCUT2D eigenvalue weighted by molar-refractivity contribution is -0.140. The van der Waals surface area contributed by atoms with Gasteiger partial charge in [0.25, 0.3) is 0 Å². The Morgan fingerprint density at radius 1 is 1.17 bits per heavy atom. The highest BCUT2D eigenvalue weighted by atomic mass is 32.1. The predicted octanol–water partition coefficient (Wildman–Crippen LogP) is 2.58. The van der Waals surface area contributed by atoms with Gasteiger partial charge in [0.15, 0.2) is 5.69 Å². The number of aromatic nitrogens is 1. The topological polar surface area (TPSA) is 39.6 Å². The number of aliphatic hydroxyl groups excluding tert-OH is 1. The number of halogens is 3. The van der Waals surface area contributed by atoms with Crippen LogP contribution in [-0.2, 0) is 12.7 Å². The largest absolute Gasteiger partial charge is 0.434 e. The van der Waals surface area contributed by atoms with Crippen LogP contribution in [0.5, 0.6) is 0 Å². The van der Waals surface area contributed by atoms with E-state index < -0.39 is 11.9 Å². The Balaban J connectivity index is 1.59. The molecule has 130 valence electrons. The normalized spacial score (nSPS) is 27.1. The van der Waals surface area contributed by atoms with Crippen LogP contribution >= 0.6 is 11.3 Å². The molecule has 0 bridgehead atoms. The van der Waals surface area contributed by atoms with E-state index in [0.717, 1.165) is 62.0 Å². The third-order valence-electron chi connectivity index (χ3n) is 4.83. The van der Waals surface area contributed by atoms with Crippen molar-refractivity contribution in [1.82, 2.24) is 14.8 Å². The molecule has 1 aromatic rings. The maximum absolute atomic E-state index is 12.6. The number of likely N-dealkylation sites (tertiary alicyclic amines) is 2. The number of aliphatic hydroxyl groups is 1. The van der Waals surface area contributed by atoms with E-state index in [-0.39, 0.29) is 12.6 Å². The second-order valence-corrected chi connectivity index (χ2v) is 7.31. The molecule has 2 unspecified atom stereocenters. The van der Waals surface area contributed by atoms with E-state index in [1.54, 1.807) is 0 Å². The van der Waals surface area contributed by atoms with Crippen molar-refractivity contribution in [3.8, 4) is 0 Å². The third-order valence-corrected chi connectivity index (χ3v) is 5.67. The van der Waals surface area contributed by atoms with Crippen LogP contribution in [-0.4, -0.2) is 58.2 Å². The van der Waals surface area contributed by atoms with Crippen LogP contribution < -0.4 is 0 Å². The first-order valence-electron chi connectivity index (χ1n) is 8.08. The summed E-state index contributed by atoms with van der Waals surface area (Å²) >= 11 is 1.09. The van der Waals surface area contributed by atoms with E-state index in [9.17, 15) is 18.3 Å². The zero-order valence-corrected chi connectivity index (χ0v) is 13.7. The molecule has 2 atom stereocenters. The maximum Gasteiger partial charge on any atom is 0.434 e. The fraction of sp³-hybridized carbons (Fsp3) is 0.800. The molecule has 0 amide bonds. The SMILES string of the molecule is OCC1CCCN1CC1CCCN1Cc1nc(C(F)(F)F)cs1. The van der Waals surface area contributed by atoms with Crippen molar-refractivity contribution in [3.05, 3.63) is 16.1 Å². The summed E-state index contributed by atoms with van der Waals surface area (Å²) in [6, 6.07) is 0.592. The molecule has 23 heavy (non-hydrogen) atoms. The van der Waals surface area contributed by atoms with E-state index in [4.69, 9.17) is 0 Å². The monoisotopic (exact) mass is 349 g/mol. The van der Waals surface area contributed by atoms with Crippen LogP contribution in [0, 0.1) is 0 Å². The van der Waals surface area contributed by atoms with Crippen LogP contribution in [0.1, 0.15) is 36.4 Å². The van der Waals surface area contributed by atoms with Crippen molar-refractivity contribution in [2.45, 2.75) is 50.5 Å². The van der Waals surface area contributed by atoms with Gasteiger partial charge >= 0.3 is 6.18 Å². The lowest BCUT2D eigenvalue weighted by Gasteiger charge is -2.30. The molecule has 0 spiro atoms. The van der Waals surface area contributed by atoms with Crippen molar-refractivity contribution < 1.29 is 18.3 Å². The molecule has 0 saturated carbocycles. The van der Waals surface area contributed by atoms with Crippen LogP contribution in [0.4, 0.5) is 13.2 Å². The number of hydrogen-bond acceptors (Lipinski definition) is 5. The maximum atomic E-state index is 12.6. The van der Waals surface area contributed by atoms with Crippen molar-refractivity contribution in [2.24, 2.45) is 0 Å². The summed E-state index contributed by atoms with van der Waals surface area (Å²) in [5.74, 6) is 0. The molecule has 2 saturated heterocycles. The number of nitrogens with zero attached hydrogens (tertiary/aromatic N) is 3. The standard InChI is InChI=1S/C15H22F3N3OS/c16-15(17,18)13-10-23-14(19-13)8-21-6-1-3-11(21)7-20-5-2-4-12(20)9-22/h10-12,22H,1-9H2. The van der Waals surface area contributed by atoms with Gasteiger partial charge in [-0.25, -0.2) is 4.98 Å². The van der Waals surface area contributed by atoms with Gasteiger partial charge < -0.3 is 5.11 Å². The van der Waals surface area contributed by atoms with Gasteiger partial charge in [-0.05, 0) is 38.8 Å². The fourth-order valence-electron chi connectivity index (χ4n) is 3.61. The van der Waals surface area contributed by atoms with Gasteiger partial charge in [0.05, 0.1) is 13.2 Å². The summed E-state index contributed by atoms with van der Waals surface area (Å²) in [6.07, 6.45) is -0.0843. The summed E-state index contributed by atoms with van der Waals surface area (Å²) in [4.78, 5) is 8.31. The first-order chi connectivity index (χ1) is 11.0. The average Bonchev–Trinajstić information content (AvgIpc) is 3.21. The van der Waals surface area contributed by atoms with Gasteiger partial charge in [-0.1, -0.05) is 0 Å². The molecule has 2 fully saturated rings. The molecular formula is C15H22F3N3OS. The second kappa shape index (κ2) is 7.04. The van der Waals surface area contributed by atoms with Crippen molar-refractivity contribution in [3.63, 3.8) is 0 Å². The molecule has 4 nitrogen and oxygen atoms in total. The summed E-state index contributed by atoms with van der Waals surface area (Å²) in [5.41, 5.74) is -0.784. The molecule has 2 aliphatic heterocycles. The van der Waals surface area contributed by atoms with Gasteiger partial charge in [-0.2, -0.15) is 13.2 Å². The molecule has 0 radical (unpaired) electrons. The van der Waals surface area contributed by atoms with Crippen molar-refractivity contribution in [2.75, 3.05) is 26.2 Å². The Hall–Kier alpha value is -0.700. The highest BCUT2D eigenvalue weighted by Gasteiger charge is 2.35. The van der Waals surface area contributed by atoms with Crippen LogP contribution in [0.2, 0.25) is 0 Å². The Bertz CT molecular complexity index is 522. The van der Waals surface area contributed by atoms with Gasteiger partial charge in [0.2, 0.25) is 0 Å². The second-order valence-electron chi connectivity index (χ2n) is 6.36. The minimum atomic E-state index is -4.36. The fourth-order valence-corrected chi connectivity index (χ4v) is 4.44. The summed E-state index contributed by atoms with van der Waals surface area (Å²) < 4.78 is 37.9. The van der Waals surface area contributed by atoms with E-state index in [0.29, 0.717) is 17.6 Å². The van der Waals surface area contributed by atoms with Gasteiger partial charge in [-0.15, -0.1) is 11.3 Å². The van der Waals surface area contributed by atoms with Gasteiger partial charge in [0.1, 0.15) is 5.01 Å². The minimum absolute atomic E-state index is 0.189. The number of alkyl halides is 3. The highest BCUT2D eigenvalue weighted by molar-refractivity contribution is 7.09. The zero-order chi connectivity index (χ0) is 16.4. The Morgan fingerprint density at radius 3 is 2.52 bits per heavy atom. The predicted molar refractivity (Wildman–Crippen MR) is 82.2 cm³/mol. The van der Waals surface area contributed by atoms with Crippen LogP contribution in [0.15, 0.2) is 5.38 Å². The summed E-state index contributed by atoms with van der Waals surface area (Å²) in [6.45, 7) is 3.48.